The predicted octanol–water partition coefficient (Wildman–Crippen LogP) is 2.97. The van der Waals surface area contributed by atoms with Gasteiger partial charge in [-0.05, 0) is 43.4 Å². The Hall–Kier alpha value is -2.60. The fourth-order valence-corrected chi connectivity index (χ4v) is 2.13. The average Bonchev–Trinajstić information content (AvgIpc) is 3.19. The number of hydrogen-bond acceptors (Lipinski definition) is 6. The van der Waals surface area contributed by atoms with Crippen molar-refractivity contribution in [3.63, 3.8) is 0 Å². The fourth-order valence-electron chi connectivity index (χ4n) is 2.13. The molecule has 2 heterocycles. The van der Waals surface area contributed by atoms with E-state index < -0.39 is 0 Å². The van der Waals surface area contributed by atoms with Crippen molar-refractivity contribution in [3.8, 4) is 17.1 Å². The van der Waals surface area contributed by atoms with Crippen LogP contribution in [0.1, 0.15) is 11.7 Å². The van der Waals surface area contributed by atoms with E-state index in [9.17, 15) is 0 Å². The van der Waals surface area contributed by atoms with E-state index in [1.807, 2.05) is 48.3 Å². The van der Waals surface area contributed by atoms with Crippen LogP contribution in [-0.4, -0.2) is 29.2 Å². The number of furan rings is 1. The third-order valence-corrected chi connectivity index (χ3v) is 3.23. The summed E-state index contributed by atoms with van der Waals surface area (Å²) < 4.78 is 15.8. The molecule has 6 nitrogen and oxygen atoms in total. The van der Waals surface area contributed by atoms with Gasteiger partial charge in [-0.25, -0.2) is 0 Å². The van der Waals surface area contributed by atoms with Crippen molar-refractivity contribution in [2.24, 2.45) is 0 Å². The summed E-state index contributed by atoms with van der Waals surface area (Å²) in [7, 11) is 3.61. The minimum atomic E-state index is 0.559. The Morgan fingerprint density at radius 2 is 1.95 bits per heavy atom. The maximum Gasteiger partial charge on any atom is 0.241 e. The largest absolute Gasteiger partial charge is 0.497 e. The zero-order valence-corrected chi connectivity index (χ0v) is 12.5. The Balaban J connectivity index is 1.65. The van der Waals surface area contributed by atoms with Gasteiger partial charge < -0.3 is 13.7 Å². The molecule has 0 aliphatic heterocycles. The molecule has 22 heavy (non-hydrogen) atoms. The van der Waals surface area contributed by atoms with Gasteiger partial charge in [0.05, 0.1) is 26.5 Å². The van der Waals surface area contributed by atoms with E-state index in [0.717, 1.165) is 17.1 Å². The average molecular weight is 299 g/mol. The van der Waals surface area contributed by atoms with Gasteiger partial charge in [-0.1, -0.05) is 5.16 Å². The topological polar surface area (TPSA) is 64.5 Å². The van der Waals surface area contributed by atoms with Crippen LogP contribution in [0, 0.1) is 0 Å². The minimum absolute atomic E-state index is 0.559. The first kappa shape index (κ1) is 14.3. The molecule has 0 aliphatic carbocycles. The van der Waals surface area contributed by atoms with Crippen molar-refractivity contribution in [1.82, 2.24) is 15.0 Å². The fraction of sp³-hybridized carbons (Fsp3) is 0.250. The first-order valence-electron chi connectivity index (χ1n) is 6.92. The van der Waals surface area contributed by atoms with Crippen LogP contribution >= 0.6 is 0 Å². The first-order chi connectivity index (χ1) is 10.7. The predicted molar refractivity (Wildman–Crippen MR) is 80.2 cm³/mol. The van der Waals surface area contributed by atoms with E-state index in [2.05, 4.69) is 10.1 Å². The van der Waals surface area contributed by atoms with Crippen molar-refractivity contribution in [1.29, 1.82) is 0 Å². The zero-order chi connectivity index (χ0) is 15.4. The molecule has 0 aliphatic rings. The highest BCUT2D eigenvalue weighted by Gasteiger charge is 2.11. The lowest BCUT2D eigenvalue weighted by Crippen LogP contribution is -2.17. The van der Waals surface area contributed by atoms with Gasteiger partial charge in [-0.3, -0.25) is 4.90 Å². The molecule has 0 amide bonds. The summed E-state index contributed by atoms with van der Waals surface area (Å²) in [4.78, 5) is 6.46. The van der Waals surface area contributed by atoms with Gasteiger partial charge in [-0.2, -0.15) is 4.98 Å². The summed E-state index contributed by atoms with van der Waals surface area (Å²) >= 11 is 0. The van der Waals surface area contributed by atoms with Crippen LogP contribution < -0.4 is 4.74 Å². The van der Waals surface area contributed by atoms with Crippen molar-refractivity contribution < 1.29 is 13.7 Å². The molecule has 0 saturated heterocycles. The molecule has 0 spiro atoms. The number of hydrogen-bond donors (Lipinski definition) is 0. The van der Waals surface area contributed by atoms with Crippen LogP contribution in [0.2, 0.25) is 0 Å². The van der Waals surface area contributed by atoms with Gasteiger partial charge in [0.2, 0.25) is 11.7 Å². The molecular formula is C16H17N3O3. The third kappa shape index (κ3) is 3.35. The van der Waals surface area contributed by atoms with Crippen LogP contribution in [0.4, 0.5) is 0 Å². The van der Waals surface area contributed by atoms with E-state index in [4.69, 9.17) is 13.7 Å². The number of rotatable bonds is 6. The molecule has 6 heteroatoms. The number of methoxy groups -OCH3 is 1. The van der Waals surface area contributed by atoms with Crippen molar-refractivity contribution >= 4 is 0 Å². The van der Waals surface area contributed by atoms with Gasteiger partial charge >= 0.3 is 0 Å². The maximum absolute atomic E-state index is 5.32. The lowest BCUT2D eigenvalue weighted by atomic mass is 10.2. The number of ether oxygens (including phenoxy) is 1. The number of nitrogens with zero attached hydrogens (tertiary/aromatic N) is 3. The van der Waals surface area contributed by atoms with Crippen molar-refractivity contribution in [2.75, 3.05) is 14.2 Å². The lowest BCUT2D eigenvalue weighted by Gasteiger charge is -2.11. The molecule has 0 bridgehead atoms. The van der Waals surface area contributed by atoms with Gasteiger partial charge in [-0.15, -0.1) is 0 Å². The van der Waals surface area contributed by atoms with Crippen molar-refractivity contribution in [3.05, 3.63) is 54.3 Å². The van der Waals surface area contributed by atoms with E-state index >= 15 is 0 Å². The number of benzene rings is 1. The molecule has 3 rings (SSSR count). The standard InChI is InChI=1S/C16H17N3O3/c1-19(10-14-4-3-9-21-14)11-15-17-16(18-22-15)12-5-7-13(20-2)8-6-12/h3-9H,10-11H2,1-2H3. The SMILES string of the molecule is COc1ccc(-c2noc(CN(C)Cc3ccco3)n2)cc1. The molecule has 1 aromatic carbocycles. The molecule has 0 saturated carbocycles. The normalized spacial score (nSPS) is 11.0. The molecule has 2 aromatic heterocycles. The quantitative estimate of drug-likeness (QED) is 0.697. The second-order valence-corrected chi connectivity index (χ2v) is 4.99. The van der Waals surface area contributed by atoms with Gasteiger partial charge in [0.15, 0.2) is 0 Å². The molecule has 0 fully saturated rings. The van der Waals surface area contributed by atoms with Crippen molar-refractivity contribution in [2.45, 2.75) is 13.1 Å². The van der Waals surface area contributed by atoms with Gasteiger partial charge in [0.25, 0.3) is 0 Å². The maximum atomic E-state index is 5.32. The summed E-state index contributed by atoms with van der Waals surface area (Å²) in [6.07, 6.45) is 1.66. The monoisotopic (exact) mass is 299 g/mol. The molecule has 114 valence electrons. The zero-order valence-electron chi connectivity index (χ0n) is 12.5. The summed E-state index contributed by atoms with van der Waals surface area (Å²) in [5.41, 5.74) is 0.893. The highest BCUT2D eigenvalue weighted by atomic mass is 16.5. The summed E-state index contributed by atoms with van der Waals surface area (Å²) in [6, 6.07) is 11.4. The molecule has 0 unspecified atom stereocenters. The third-order valence-electron chi connectivity index (χ3n) is 3.23. The van der Waals surface area contributed by atoms with Crippen LogP contribution in [-0.2, 0) is 13.1 Å². The van der Waals surface area contributed by atoms with E-state index in [-0.39, 0.29) is 0 Å². The van der Waals surface area contributed by atoms with Crippen LogP contribution in [0.25, 0.3) is 11.4 Å². The summed E-state index contributed by atoms with van der Waals surface area (Å²) in [5, 5.41) is 4.01. The summed E-state index contributed by atoms with van der Waals surface area (Å²) in [6.45, 7) is 1.25. The highest BCUT2D eigenvalue weighted by molar-refractivity contribution is 5.55. The molecular weight excluding hydrogens is 282 g/mol. The highest BCUT2D eigenvalue weighted by Crippen LogP contribution is 2.20. The Labute approximate surface area is 128 Å². The Bertz CT molecular complexity index is 705. The molecule has 3 aromatic rings. The molecule has 0 atom stereocenters. The second kappa shape index (κ2) is 6.44. The minimum Gasteiger partial charge on any atom is -0.497 e. The molecule has 0 radical (unpaired) electrons. The lowest BCUT2D eigenvalue weighted by molar-refractivity contribution is 0.244. The summed E-state index contributed by atoms with van der Waals surface area (Å²) in [5.74, 6) is 2.84. The van der Waals surface area contributed by atoms with Crippen LogP contribution in [0.3, 0.4) is 0 Å². The molecule has 0 N–H and O–H groups in total. The number of aromatic nitrogens is 2. The Morgan fingerprint density at radius 1 is 1.14 bits per heavy atom. The van der Waals surface area contributed by atoms with Gasteiger partial charge in [0, 0.05) is 5.56 Å². The van der Waals surface area contributed by atoms with E-state index in [1.165, 1.54) is 0 Å². The van der Waals surface area contributed by atoms with Crippen LogP contribution in [0.15, 0.2) is 51.6 Å². The van der Waals surface area contributed by atoms with E-state index in [1.54, 1.807) is 13.4 Å². The first-order valence-corrected chi connectivity index (χ1v) is 6.92. The second-order valence-electron chi connectivity index (χ2n) is 4.99. The Kier molecular flexibility index (Phi) is 4.20. The van der Waals surface area contributed by atoms with Crippen LogP contribution in [0.5, 0.6) is 5.75 Å². The Morgan fingerprint density at radius 3 is 2.64 bits per heavy atom. The smallest absolute Gasteiger partial charge is 0.241 e. The van der Waals surface area contributed by atoms with Gasteiger partial charge in [0.1, 0.15) is 11.5 Å². The van der Waals surface area contributed by atoms with E-state index in [0.29, 0.717) is 24.8 Å².